The zero-order valence-corrected chi connectivity index (χ0v) is 18.6. The van der Waals surface area contributed by atoms with Gasteiger partial charge in [-0.25, -0.2) is 14.3 Å². The number of piperidine rings is 1. The highest BCUT2D eigenvalue weighted by Gasteiger charge is 2.33. The molecule has 2 fully saturated rings. The van der Waals surface area contributed by atoms with Crippen LogP contribution >= 0.6 is 0 Å². The molecular weight excluding hydrogens is 414 g/mol. The molecule has 0 spiro atoms. The number of aromatic nitrogens is 3. The summed E-state index contributed by atoms with van der Waals surface area (Å²) in [5, 5.41) is 7.68. The minimum atomic E-state index is -0.496. The van der Waals surface area contributed by atoms with E-state index in [0.29, 0.717) is 26.2 Å². The maximum Gasteiger partial charge on any atom is 0.414 e. The molecule has 0 bridgehead atoms. The lowest BCUT2D eigenvalue weighted by molar-refractivity contribution is 0.0126. The fraction of sp³-hybridized carbons (Fsp3) is 0.545. The summed E-state index contributed by atoms with van der Waals surface area (Å²) in [6.45, 7) is 7.71. The van der Waals surface area contributed by atoms with Gasteiger partial charge in [-0.15, -0.1) is 5.10 Å². The van der Waals surface area contributed by atoms with Gasteiger partial charge in [0.15, 0.2) is 0 Å². The van der Waals surface area contributed by atoms with Gasteiger partial charge in [-0.3, -0.25) is 4.90 Å². The van der Waals surface area contributed by atoms with Crippen LogP contribution in [-0.4, -0.2) is 69.5 Å². The Kier molecular flexibility index (Phi) is 6.20. The molecular formula is C22H29N5O5. The molecule has 172 valence electrons. The Labute approximate surface area is 187 Å². The number of carbonyl (C=O) groups is 2. The number of amides is 2. The second-order valence-corrected chi connectivity index (χ2v) is 9.02. The average molecular weight is 444 g/mol. The summed E-state index contributed by atoms with van der Waals surface area (Å²) >= 11 is 0. The fourth-order valence-corrected chi connectivity index (χ4v) is 3.75. The second kappa shape index (κ2) is 9.05. The lowest BCUT2D eigenvalue weighted by atomic mass is 10.1. The van der Waals surface area contributed by atoms with Crippen molar-refractivity contribution in [3.05, 3.63) is 36.7 Å². The zero-order chi connectivity index (χ0) is 22.7. The summed E-state index contributed by atoms with van der Waals surface area (Å²) < 4.78 is 18.6. The fourth-order valence-electron chi connectivity index (χ4n) is 3.75. The van der Waals surface area contributed by atoms with Crippen LogP contribution in [-0.2, 0) is 16.0 Å². The van der Waals surface area contributed by atoms with Crippen LogP contribution in [0.2, 0.25) is 0 Å². The number of ether oxygens (including phenoxy) is 3. The molecule has 1 aromatic carbocycles. The Morgan fingerprint density at radius 2 is 1.91 bits per heavy atom. The standard InChI is InChI=1S/C22H29N5O5/c1-22(2,3)32-20(28)25-11-8-18(9-12-25)30-17-6-4-16(5-7-17)27-15-19(31-21(27)29)14-26-13-10-23-24-26/h4-7,10,13,18-19H,8-9,11-12,14-15H2,1-3H3/t19-/m0/s1. The molecule has 2 aliphatic heterocycles. The molecule has 3 heterocycles. The first-order valence-corrected chi connectivity index (χ1v) is 10.8. The summed E-state index contributed by atoms with van der Waals surface area (Å²) in [6.07, 6.45) is 3.90. The van der Waals surface area contributed by atoms with Gasteiger partial charge in [-0.1, -0.05) is 5.21 Å². The molecule has 0 N–H and O–H groups in total. The van der Waals surface area contributed by atoms with E-state index in [1.807, 2.05) is 45.0 Å². The van der Waals surface area contributed by atoms with Crippen molar-refractivity contribution in [1.29, 1.82) is 0 Å². The van der Waals surface area contributed by atoms with Crippen molar-refractivity contribution in [3.63, 3.8) is 0 Å². The summed E-state index contributed by atoms with van der Waals surface area (Å²) in [5.41, 5.74) is 0.257. The SMILES string of the molecule is CC(C)(C)OC(=O)N1CCC(Oc2ccc(N3C[C@H](Cn4ccnn4)OC3=O)cc2)CC1. The highest BCUT2D eigenvalue weighted by molar-refractivity contribution is 5.89. The van der Waals surface area contributed by atoms with Gasteiger partial charge in [0.1, 0.15) is 23.6 Å². The van der Waals surface area contributed by atoms with E-state index in [2.05, 4.69) is 10.3 Å². The van der Waals surface area contributed by atoms with Crippen LogP contribution in [0.25, 0.3) is 0 Å². The predicted octanol–water partition coefficient (Wildman–Crippen LogP) is 3.08. The summed E-state index contributed by atoms with van der Waals surface area (Å²) in [5.74, 6) is 0.733. The van der Waals surface area contributed by atoms with Gasteiger partial charge >= 0.3 is 12.2 Å². The molecule has 2 aliphatic rings. The van der Waals surface area contributed by atoms with Gasteiger partial charge in [0.2, 0.25) is 0 Å². The largest absolute Gasteiger partial charge is 0.490 e. The highest BCUT2D eigenvalue weighted by Crippen LogP contribution is 2.26. The van der Waals surface area contributed by atoms with Crippen LogP contribution in [0.1, 0.15) is 33.6 Å². The Balaban J connectivity index is 1.26. The number of nitrogens with zero attached hydrogens (tertiary/aromatic N) is 5. The van der Waals surface area contributed by atoms with E-state index >= 15 is 0 Å². The molecule has 10 heteroatoms. The number of cyclic esters (lactones) is 1. The van der Waals surface area contributed by atoms with Crippen LogP contribution in [0.15, 0.2) is 36.7 Å². The van der Waals surface area contributed by atoms with Crippen LogP contribution in [0.4, 0.5) is 15.3 Å². The van der Waals surface area contributed by atoms with Gasteiger partial charge < -0.3 is 19.1 Å². The molecule has 10 nitrogen and oxygen atoms in total. The van der Waals surface area contributed by atoms with Gasteiger partial charge in [0.25, 0.3) is 0 Å². The van der Waals surface area contributed by atoms with Crippen molar-refractivity contribution < 1.29 is 23.8 Å². The number of hydrogen-bond donors (Lipinski definition) is 0. The first-order valence-electron chi connectivity index (χ1n) is 10.8. The minimum absolute atomic E-state index is 0.0309. The van der Waals surface area contributed by atoms with E-state index in [1.54, 1.807) is 26.9 Å². The van der Waals surface area contributed by atoms with E-state index in [4.69, 9.17) is 14.2 Å². The van der Waals surface area contributed by atoms with Gasteiger partial charge in [-0.05, 0) is 45.0 Å². The molecule has 2 aromatic rings. The lowest BCUT2D eigenvalue weighted by Gasteiger charge is -2.33. The number of benzene rings is 1. The number of carbonyl (C=O) groups excluding carboxylic acids is 2. The van der Waals surface area contributed by atoms with E-state index in [-0.39, 0.29) is 24.4 Å². The number of likely N-dealkylation sites (tertiary alicyclic amines) is 1. The Bertz CT molecular complexity index is 917. The second-order valence-electron chi connectivity index (χ2n) is 9.02. The summed E-state index contributed by atoms with van der Waals surface area (Å²) in [4.78, 5) is 27.8. The first-order chi connectivity index (χ1) is 15.3. The van der Waals surface area contributed by atoms with Crippen LogP contribution < -0.4 is 9.64 Å². The van der Waals surface area contributed by atoms with Gasteiger partial charge in [-0.2, -0.15) is 0 Å². The van der Waals surface area contributed by atoms with Crippen molar-refractivity contribution in [2.75, 3.05) is 24.5 Å². The molecule has 0 unspecified atom stereocenters. The van der Waals surface area contributed by atoms with Crippen molar-refractivity contribution in [1.82, 2.24) is 19.9 Å². The maximum atomic E-state index is 12.3. The molecule has 2 saturated heterocycles. The van der Waals surface area contributed by atoms with Crippen LogP contribution in [0.5, 0.6) is 5.75 Å². The van der Waals surface area contributed by atoms with Crippen molar-refractivity contribution >= 4 is 17.9 Å². The summed E-state index contributed by atoms with van der Waals surface area (Å²) in [7, 11) is 0. The van der Waals surface area contributed by atoms with E-state index in [0.717, 1.165) is 24.3 Å². The topological polar surface area (TPSA) is 99.0 Å². The first kappa shape index (κ1) is 21.9. The number of hydrogen-bond acceptors (Lipinski definition) is 7. The molecule has 1 atom stereocenters. The Morgan fingerprint density at radius 3 is 2.53 bits per heavy atom. The van der Waals surface area contributed by atoms with Gasteiger partial charge in [0.05, 0.1) is 19.3 Å². The summed E-state index contributed by atoms with van der Waals surface area (Å²) in [6, 6.07) is 7.41. The molecule has 4 rings (SSSR count). The quantitative estimate of drug-likeness (QED) is 0.700. The van der Waals surface area contributed by atoms with Crippen LogP contribution in [0, 0.1) is 0 Å². The number of rotatable bonds is 5. The third-order valence-electron chi connectivity index (χ3n) is 5.28. The normalized spacial score (nSPS) is 19.7. The molecule has 0 aliphatic carbocycles. The molecule has 2 amide bonds. The van der Waals surface area contributed by atoms with Crippen LogP contribution in [0.3, 0.4) is 0 Å². The minimum Gasteiger partial charge on any atom is -0.490 e. The third kappa shape index (κ3) is 5.49. The van der Waals surface area contributed by atoms with E-state index < -0.39 is 5.60 Å². The smallest absolute Gasteiger partial charge is 0.414 e. The maximum absolute atomic E-state index is 12.3. The zero-order valence-electron chi connectivity index (χ0n) is 18.6. The highest BCUT2D eigenvalue weighted by atomic mass is 16.6. The Morgan fingerprint density at radius 1 is 1.19 bits per heavy atom. The molecule has 32 heavy (non-hydrogen) atoms. The van der Waals surface area contributed by atoms with Gasteiger partial charge in [0, 0.05) is 37.8 Å². The lowest BCUT2D eigenvalue weighted by Crippen LogP contribution is -2.44. The molecule has 0 saturated carbocycles. The van der Waals surface area contributed by atoms with Crippen molar-refractivity contribution in [3.8, 4) is 5.75 Å². The Hall–Kier alpha value is -3.30. The molecule has 0 radical (unpaired) electrons. The third-order valence-corrected chi connectivity index (χ3v) is 5.28. The monoisotopic (exact) mass is 443 g/mol. The van der Waals surface area contributed by atoms with E-state index in [1.165, 1.54) is 0 Å². The van der Waals surface area contributed by atoms with Crippen molar-refractivity contribution in [2.45, 2.75) is 58.0 Å². The number of anilines is 1. The predicted molar refractivity (Wildman–Crippen MR) is 116 cm³/mol. The molecule has 1 aromatic heterocycles. The van der Waals surface area contributed by atoms with E-state index in [9.17, 15) is 9.59 Å². The average Bonchev–Trinajstić information content (AvgIpc) is 3.38. The van der Waals surface area contributed by atoms with Crippen molar-refractivity contribution in [2.24, 2.45) is 0 Å².